The number of hydrogen-bond donors (Lipinski definition) is 0. The molecule has 1 rings (SSSR count). The zero-order chi connectivity index (χ0) is 10.9. The summed E-state index contributed by atoms with van der Waals surface area (Å²) in [6, 6.07) is 0. The van der Waals surface area contributed by atoms with Crippen molar-refractivity contribution in [3.63, 3.8) is 0 Å². The van der Waals surface area contributed by atoms with E-state index in [1.807, 2.05) is 20.8 Å². The highest BCUT2D eigenvalue weighted by molar-refractivity contribution is 15.0. The second-order valence-corrected chi connectivity index (χ2v) is 5.54. The summed E-state index contributed by atoms with van der Waals surface area (Å²) in [5.74, 6) is 0. The fraction of sp³-hybridized carbons (Fsp3) is 1.00. The van der Waals surface area contributed by atoms with Crippen LogP contribution in [0.1, 0.15) is 34.6 Å². The Morgan fingerprint density at radius 2 is 1.46 bits per heavy atom. The van der Waals surface area contributed by atoms with Gasteiger partial charge in [0, 0.05) is 37.2 Å². The van der Waals surface area contributed by atoms with Gasteiger partial charge in [0.05, 0.1) is 24.0 Å². The zero-order valence-electron chi connectivity index (χ0n) is 9.03. The summed E-state index contributed by atoms with van der Waals surface area (Å²) < 4.78 is -0.0139. The van der Waals surface area contributed by atoms with E-state index in [1.54, 1.807) is 0 Å². The largest absolute Gasteiger partial charge is 0.632 e. The third-order valence-electron chi connectivity index (χ3n) is 2.59. The number of quaternary nitrogens is 1. The summed E-state index contributed by atoms with van der Waals surface area (Å²) in [4.78, 5) is 0. The average molecular weight is 411 g/mol. The summed E-state index contributed by atoms with van der Waals surface area (Å²) in [5.41, 5.74) is 0.143. The van der Waals surface area contributed by atoms with Crippen LogP contribution in [0.5, 0.6) is 0 Å². The fourth-order valence-electron chi connectivity index (χ4n) is 1.81. The Morgan fingerprint density at radius 3 is 1.54 bits per heavy atom. The zero-order valence-corrected chi connectivity index (χ0v) is 13.3. The molecule has 0 aliphatic carbocycles. The van der Waals surface area contributed by atoms with E-state index in [0.717, 1.165) is 13.1 Å². The van der Waals surface area contributed by atoms with Crippen LogP contribution in [-0.4, -0.2) is 23.3 Å². The lowest BCUT2D eigenvalue weighted by Crippen LogP contribution is -2.71. The molecule has 1 aliphatic heterocycles. The highest BCUT2D eigenvalue weighted by Crippen LogP contribution is 2.41. The molecule has 4 heteroatoms. The van der Waals surface area contributed by atoms with Gasteiger partial charge in [-0.2, -0.15) is 0 Å². The Balaban J connectivity index is 0.000000671. The minimum Gasteiger partial charge on any atom is -0.632 e. The molecule has 1 heterocycles. The Labute approximate surface area is 105 Å². The summed E-state index contributed by atoms with van der Waals surface area (Å²) >= 11 is 4.24. The third-order valence-corrected chi connectivity index (χ3v) is 2.59. The van der Waals surface area contributed by atoms with Crippen molar-refractivity contribution in [3.05, 3.63) is 5.21 Å². The topological polar surface area (TPSA) is 23.1 Å². The molecule has 0 bridgehead atoms. The molecule has 13 heavy (non-hydrogen) atoms. The lowest BCUT2D eigenvalue weighted by molar-refractivity contribution is -0.980. The van der Waals surface area contributed by atoms with Crippen LogP contribution in [0.15, 0.2) is 0 Å². The molecule has 0 aromatic carbocycles. The molecule has 0 unspecified atom stereocenters. The Kier molecular flexibility index (Phi) is 4.96. The first-order valence-corrected chi connectivity index (χ1v) is 10.7. The van der Waals surface area contributed by atoms with Gasteiger partial charge >= 0.3 is 0 Å². The molecule has 0 spiro atoms. The molecule has 80 valence electrons. The quantitative estimate of drug-likeness (QED) is 0.337. The number of likely N-dealkylation sites (tertiary alicyclic amines) is 1. The number of nitrogens with zero attached hydrogens (tertiary/aromatic N) is 1. The van der Waals surface area contributed by atoms with Crippen molar-refractivity contribution in [1.82, 2.24) is 0 Å². The van der Waals surface area contributed by atoms with Crippen molar-refractivity contribution in [2.24, 2.45) is 5.41 Å². The average Bonchev–Trinajstić information content (AvgIpc) is 1.85. The number of hydrogen-bond acceptors (Lipinski definition) is 1. The standard InChI is InChI=1S/C9H19NO.I2/c1-8(2,3)10(11)6-9(4,5)7-10;1-2/h6-7H2,1-5H3;. The molecule has 0 aromatic rings. The van der Waals surface area contributed by atoms with Gasteiger partial charge in [-0.25, -0.2) is 0 Å². The molecule has 0 aromatic heterocycles. The van der Waals surface area contributed by atoms with Crippen LogP contribution >= 0.6 is 37.2 Å². The van der Waals surface area contributed by atoms with Gasteiger partial charge in [0.15, 0.2) is 0 Å². The van der Waals surface area contributed by atoms with Gasteiger partial charge in [-0.15, -0.1) is 0 Å². The Bertz CT molecular complexity index is 167. The molecular formula is C9H19I2NO. The molecule has 0 saturated carbocycles. The van der Waals surface area contributed by atoms with Crippen LogP contribution in [0.3, 0.4) is 0 Å². The molecule has 0 atom stereocenters. The second-order valence-electron chi connectivity index (χ2n) is 5.54. The summed E-state index contributed by atoms with van der Waals surface area (Å²) in [5, 5.41) is 11.9. The van der Waals surface area contributed by atoms with Crippen LogP contribution in [-0.2, 0) is 0 Å². The van der Waals surface area contributed by atoms with Crippen LogP contribution < -0.4 is 0 Å². The van der Waals surface area contributed by atoms with E-state index >= 15 is 0 Å². The number of halogens is 2. The van der Waals surface area contributed by atoms with E-state index in [1.165, 1.54) is 0 Å². The van der Waals surface area contributed by atoms with Crippen molar-refractivity contribution in [2.45, 2.75) is 40.2 Å². The predicted octanol–water partition coefficient (Wildman–Crippen LogP) is 3.91. The highest BCUT2D eigenvalue weighted by Gasteiger charge is 2.50. The Morgan fingerprint density at radius 1 is 1.15 bits per heavy atom. The molecule has 1 aliphatic rings. The monoisotopic (exact) mass is 411 g/mol. The lowest BCUT2D eigenvalue weighted by atomic mass is 9.80. The third kappa shape index (κ3) is 3.46. The van der Waals surface area contributed by atoms with E-state index < -0.39 is 0 Å². The van der Waals surface area contributed by atoms with Gasteiger partial charge < -0.3 is 9.85 Å². The molecule has 0 radical (unpaired) electrons. The van der Waals surface area contributed by atoms with E-state index in [0.29, 0.717) is 0 Å². The smallest absolute Gasteiger partial charge is 0.0904 e. The van der Waals surface area contributed by atoms with Gasteiger partial charge in [-0.05, 0) is 34.6 Å². The van der Waals surface area contributed by atoms with Crippen molar-refractivity contribution in [2.75, 3.05) is 13.1 Å². The SMILES string of the molecule is CC1(C)C[N+]([O-])(C(C)(C)C)C1.II. The molecule has 2 nitrogen and oxygen atoms in total. The first-order chi connectivity index (χ1) is 5.66. The maximum absolute atomic E-state index is 11.9. The van der Waals surface area contributed by atoms with Crippen LogP contribution in [0.2, 0.25) is 0 Å². The Hall–Kier alpha value is 1.38. The highest BCUT2D eigenvalue weighted by atomic mass is 128. The van der Waals surface area contributed by atoms with Crippen LogP contribution in [0, 0.1) is 10.6 Å². The van der Waals surface area contributed by atoms with E-state index in [-0.39, 0.29) is 15.6 Å². The summed E-state index contributed by atoms with van der Waals surface area (Å²) in [6.07, 6.45) is 0. The molecule has 0 amide bonds. The minimum absolute atomic E-state index is 0.0139. The van der Waals surface area contributed by atoms with Crippen molar-refractivity contribution in [1.29, 1.82) is 0 Å². The van der Waals surface area contributed by atoms with Crippen molar-refractivity contribution < 1.29 is 4.65 Å². The van der Waals surface area contributed by atoms with E-state index in [4.69, 9.17) is 0 Å². The van der Waals surface area contributed by atoms with Crippen LogP contribution in [0.4, 0.5) is 0 Å². The minimum atomic E-state index is -0.129. The van der Waals surface area contributed by atoms with E-state index in [2.05, 4.69) is 51.1 Å². The maximum Gasteiger partial charge on any atom is 0.0904 e. The second kappa shape index (κ2) is 4.49. The van der Waals surface area contributed by atoms with Gasteiger partial charge in [0.2, 0.25) is 0 Å². The van der Waals surface area contributed by atoms with Gasteiger partial charge in [-0.3, -0.25) is 0 Å². The molecule has 1 saturated heterocycles. The maximum atomic E-state index is 11.9. The van der Waals surface area contributed by atoms with Crippen molar-refractivity contribution in [3.8, 4) is 0 Å². The van der Waals surface area contributed by atoms with E-state index in [9.17, 15) is 5.21 Å². The summed E-state index contributed by atoms with van der Waals surface area (Å²) in [7, 11) is 0. The molecular weight excluding hydrogens is 392 g/mol. The van der Waals surface area contributed by atoms with Crippen LogP contribution in [0.25, 0.3) is 0 Å². The predicted molar refractivity (Wildman–Crippen MR) is 74.9 cm³/mol. The first-order valence-electron chi connectivity index (χ1n) is 4.39. The van der Waals surface area contributed by atoms with Gasteiger partial charge in [0.1, 0.15) is 0 Å². The first kappa shape index (κ1) is 14.4. The number of rotatable bonds is 0. The van der Waals surface area contributed by atoms with Crippen molar-refractivity contribution >= 4 is 37.2 Å². The lowest BCUT2D eigenvalue weighted by Gasteiger charge is -2.65. The number of hydroxylamine groups is 3. The molecule has 0 N–H and O–H groups in total. The summed E-state index contributed by atoms with van der Waals surface area (Å²) in [6.45, 7) is 11.9. The van der Waals surface area contributed by atoms with Gasteiger partial charge in [0.25, 0.3) is 0 Å². The normalized spacial score (nSPS) is 24.0. The fourth-order valence-corrected chi connectivity index (χ4v) is 1.81. The molecule has 1 fully saturated rings. The van der Waals surface area contributed by atoms with Gasteiger partial charge in [-0.1, -0.05) is 0 Å².